The minimum atomic E-state index is -0.0169. The maximum Gasteiger partial charge on any atom is 0.210 e. The van der Waals surface area contributed by atoms with Crippen LogP contribution in [0.2, 0.25) is 0 Å². The summed E-state index contributed by atoms with van der Waals surface area (Å²) in [5.74, 6) is 0.725. The highest BCUT2D eigenvalue weighted by molar-refractivity contribution is 5.78. The van der Waals surface area contributed by atoms with E-state index in [-0.39, 0.29) is 11.6 Å². The monoisotopic (exact) mass is 211 g/mol. The van der Waals surface area contributed by atoms with Gasteiger partial charge in [0, 0.05) is 6.42 Å². The van der Waals surface area contributed by atoms with E-state index in [2.05, 4.69) is 25.8 Å². The molecule has 1 unspecified atom stereocenters. The zero-order chi connectivity index (χ0) is 11.3. The number of nitrogens with zero attached hydrogens (tertiary/aromatic N) is 1. The summed E-state index contributed by atoms with van der Waals surface area (Å²) in [5, 5.41) is 0. The topological polar surface area (TPSA) is 30.8 Å². The van der Waals surface area contributed by atoms with Gasteiger partial charge in [-0.3, -0.25) is 0 Å². The van der Waals surface area contributed by atoms with Crippen LogP contribution >= 0.6 is 0 Å². The highest BCUT2D eigenvalue weighted by Gasteiger charge is 2.27. The second-order valence-corrected chi connectivity index (χ2v) is 4.53. The molecular weight excluding hydrogens is 190 g/mol. The van der Waals surface area contributed by atoms with E-state index in [1.165, 1.54) is 0 Å². The Morgan fingerprint density at radius 3 is 2.93 bits per heavy atom. The van der Waals surface area contributed by atoms with E-state index in [0.717, 1.165) is 12.3 Å². The van der Waals surface area contributed by atoms with E-state index in [1.54, 1.807) is 0 Å². The Hall–Kier alpha value is -0.830. The summed E-state index contributed by atoms with van der Waals surface area (Å²) < 4.78 is 11.0. The fourth-order valence-electron chi connectivity index (χ4n) is 1.76. The first-order valence-corrected chi connectivity index (χ1v) is 5.48. The highest BCUT2D eigenvalue weighted by atomic mass is 16.5. The number of hydrogen-bond donors (Lipinski definition) is 0. The van der Waals surface area contributed by atoms with Crippen LogP contribution in [0, 0.1) is 0 Å². The summed E-state index contributed by atoms with van der Waals surface area (Å²) in [5.41, 5.74) is -0.0169. The lowest BCUT2D eigenvalue weighted by Gasteiger charge is -2.31. The van der Waals surface area contributed by atoms with E-state index in [0.29, 0.717) is 13.2 Å². The van der Waals surface area contributed by atoms with Gasteiger partial charge < -0.3 is 9.47 Å². The summed E-state index contributed by atoms with van der Waals surface area (Å²) >= 11 is 0. The molecule has 1 rings (SSSR count). The van der Waals surface area contributed by atoms with Crippen LogP contribution in [0.4, 0.5) is 0 Å². The van der Waals surface area contributed by atoms with Crippen LogP contribution in [-0.2, 0) is 9.47 Å². The molecule has 1 aliphatic heterocycles. The predicted octanol–water partition coefficient (Wildman–Crippen LogP) is 2.57. The summed E-state index contributed by atoms with van der Waals surface area (Å²) in [6.07, 6.45) is 5.14. The Labute approximate surface area is 92.2 Å². The first kappa shape index (κ1) is 12.2. The maximum absolute atomic E-state index is 5.60. The molecule has 15 heavy (non-hydrogen) atoms. The molecule has 0 saturated heterocycles. The van der Waals surface area contributed by atoms with Crippen LogP contribution in [0.25, 0.3) is 0 Å². The number of allylic oxidation sites excluding steroid dienone is 1. The zero-order valence-corrected chi connectivity index (χ0v) is 10.1. The lowest BCUT2D eigenvalue weighted by molar-refractivity contribution is 0.110. The molecular formula is C12H21NO2. The van der Waals surface area contributed by atoms with Gasteiger partial charge >= 0.3 is 0 Å². The van der Waals surface area contributed by atoms with Crippen LogP contribution in [-0.4, -0.2) is 30.8 Å². The summed E-state index contributed by atoms with van der Waals surface area (Å²) in [6, 6.07) is 0. The van der Waals surface area contributed by atoms with E-state index in [9.17, 15) is 0 Å². The second-order valence-electron chi connectivity index (χ2n) is 4.53. The van der Waals surface area contributed by atoms with Crippen molar-refractivity contribution in [3.8, 4) is 0 Å². The molecule has 0 radical (unpaired) electrons. The van der Waals surface area contributed by atoms with Gasteiger partial charge in [-0.25, -0.2) is 4.99 Å². The molecule has 1 aliphatic rings. The molecule has 0 aromatic carbocycles. The van der Waals surface area contributed by atoms with Crippen LogP contribution in [0.5, 0.6) is 0 Å². The van der Waals surface area contributed by atoms with E-state index in [4.69, 9.17) is 9.47 Å². The first-order valence-electron chi connectivity index (χ1n) is 5.48. The molecule has 0 N–H and O–H groups in total. The molecule has 3 nitrogen and oxygen atoms in total. The van der Waals surface area contributed by atoms with Crippen molar-refractivity contribution in [1.82, 2.24) is 0 Å². The van der Waals surface area contributed by atoms with Crippen molar-refractivity contribution < 1.29 is 9.47 Å². The Morgan fingerprint density at radius 2 is 2.33 bits per heavy atom. The van der Waals surface area contributed by atoms with Crippen LogP contribution in [0.3, 0.4) is 0 Å². The Morgan fingerprint density at radius 1 is 1.60 bits per heavy atom. The minimum absolute atomic E-state index is 0.0169. The first-order chi connectivity index (χ1) is 7.03. The maximum atomic E-state index is 5.60. The van der Waals surface area contributed by atoms with Gasteiger partial charge in [0.15, 0.2) is 0 Å². The standard InChI is InChI=1S/C12H21NO2/c1-5-6-7-14-9-11-13-12(3,4)8-10(2)15-11/h5-6,10H,7-9H2,1-4H3/b6-5+. The molecule has 0 aromatic rings. The third-order valence-corrected chi connectivity index (χ3v) is 2.23. The number of ether oxygens (including phenoxy) is 2. The van der Waals surface area contributed by atoms with Gasteiger partial charge in [0.1, 0.15) is 6.61 Å². The molecule has 3 heteroatoms. The Kier molecular flexibility index (Phi) is 4.33. The number of aliphatic imine (C=N–C) groups is 1. The van der Waals surface area contributed by atoms with Crippen molar-refractivity contribution in [2.24, 2.45) is 4.99 Å². The average molecular weight is 211 g/mol. The van der Waals surface area contributed by atoms with Gasteiger partial charge in [-0.2, -0.15) is 0 Å². The third-order valence-electron chi connectivity index (χ3n) is 2.23. The summed E-state index contributed by atoms with van der Waals surface area (Å²) in [4.78, 5) is 4.51. The van der Waals surface area contributed by atoms with Crippen molar-refractivity contribution in [3.63, 3.8) is 0 Å². The molecule has 0 aliphatic carbocycles. The van der Waals surface area contributed by atoms with Gasteiger partial charge in [0.2, 0.25) is 5.90 Å². The van der Waals surface area contributed by atoms with Crippen molar-refractivity contribution in [3.05, 3.63) is 12.2 Å². The second kappa shape index (κ2) is 5.31. The van der Waals surface area contributed by atoms with Crippen LogP contribution in [0.1, 0.15) is 34.1 Å². The molecule has 0 saturated carbocycles. The zero-order valence-electron chi connectivity index (χ0n) is 10.1. The molecule has 1 heterocycles. The summed E-state index contributed by atoms with van der Waals surface area (Å²) in [6.45, 7) is 9.38. The average Bonchev–Trinajstić information content (AvgIpc) is 2.09. The van der Waals surface area contributed by atoms with E-state index >= 15 is 0 Å². The Bertz CT molecular complexity index is 256. The fourth-order valence-corrected chi connectivity index (χ4v) is 1.76. The minimum Gasteiger partial charge on any atom is -0.476 e. The Balaban J connectivity index is 2.43. The number of rotatable bonds is 4. The van der Waals surface area contributed by atoms with Gasteiger partial charge in [-0.15, -0.1) is 0 Å². The SMILES string of the molecule is C/C=C/COCC1=NC(C)(C)CC(C)O1. The molecule has 0 aromatic heterocycles. The van der Waals surface area contributed by atoms with Gasteiger partial charge in [0.25, 0.3) is 0 Å². The van der Waals surface area contributed by atoms with Crippen LogP contribution in [0.15, 0.2) is 17.1 Å². The lowest BCUT2D eigenvalue weighted by atomic mass is 9.97. The molecule has 0 fully saturated rings. The van der Waals surface area contributed by atoms with Gasteiger partial charge in [-0.1, -0.05) is 12.2 Å². The highest BCUT2D eigenvalue weighted by Crippen LogP contribution is 2.23. The van der Waals surface area contributed by atoms with Crippen molar-refractivity contribution in [2.75, 3.05) is 13.2 Å². The van der Waals surface area contributed by atoms with Crippen molar-refractivity contribution in [1.29, 1.82) is 0 Å². The predicted molar refractivity (Wildman–Crippen MR) is 62.3 cm³/mol. The van der Waals surface area contributed by atoms with Crippen molar-refractivity contribution >= 4 is 5.90 Å². The van der Waals surface area contributed by atoms with Crippen LogP contribution < -0.4 is 0 Å². The quantitative estimate of drug-likeness (QED) is 0.528. The third kappa shape index (κ3) is 4.47. The van der Waals surface area contributed by atoms with Gasteiger partial charge in [0.05, 0.1) is 18.2 Å². The lowest BCUT2D eigenvalue weighted by Crippen LogP contribution is -2.35. The molecule has 0 amide bonds. The normalized spacial score (nSPS) is 25.1. The molecule has 86 valence electrons. The molecule has 1 atom stereocenters. The number of hydrogen-bond acceptors (Lipinski definition) is 3. The fraction of sp³-hybridized carbons (Fsp3) is 0.750. The van der Waals surface area contributed by atoms with E-state index < -0.39 is 0 Å². The molecule has 0 bridgehead atoms. The molecule has 0 spiro atoms. The van der Waals surface area contributed by atoms with E-state index in [1.807, 2.05) is 19.1 Å². The van der Waals surface area contributed by atoms with Gasteiger partial charge in [-0.05, 0) is 27.7 Å². The summed E-state index contributed by atoms with van der Waals surface area (Å²) in [7, 11) is 0. The smallest absolute Gasteiger partial charge is 0.210 e. The van der Waals surface area contributed by atoms with Crippen molar-refractivity contribution in [2.45, 2.75) is 45.8 Å². The largest absolute Gasteiger partial charge is 0.476 e.